The number of methoxy groups -OCH3 is 2. The first kappa shape index (κ1) is 14.3. The Bertz CT molecular complexity index is 501. The number of rotatable bonds is 4. The van der Waals surface area contributed by atoms with Gasteiger partial charge in [0, 0.05) is 19.2 Å². The normalized spacial score (nSPS) is 15.3. The summed E-state index contributed by atoms with van der Waals surface area (Å²) in [5.74, 6) is -0.0883. The van der Waals surface area contributed by atoms with Crippen molar-refractivity contribution in [2.45, 2.75) is 12.5 Å². The van der Waals surface area contributed by atoms with Crippen molar-refractivity contribution < 1.29 is 14.3 Å². The van der Waals surface area contributed by atoms with Crippen LogP contribution in [0.4, 0.5) is 5.69 Å². The van der Waals surface area contributed by atoms with E-state index in [1.165, 1.54) is 19.1 Å². The number of carbonyl (C=O) groups excluding carboxylic acids is 1. The Morgan fingerprint density at radius 1 is 1.32 bits per heavy atom. The lowest BCUT2D eigenvalue weighted by molar-refractivity contribution is -0.279. The van der Waals surface area contributed by atoms with Crippen molar-refractivity contribution in [1.29, 1.82) is 0 Å². The van der Waals surface area contributed by atoms with Crippen LogP contribution in [0.2, 0.25) is 5.02 Å². The third kappa shape index (κ3) is 2.12. The molecule has 19 heavy (non-hydrogen) atoms. The van der Waals surface area contributed by atoms with Crippen molar-refractivity contribution in [2.75, 3.05) is 33.2 Å². The van der Waals surface area contributed by atoms with Crippen LogP contribution < -0.4 is 4.90 Å². The molecule has 0 N–H and O–H groups in total. The molecular formula is C13H17ClN2O3. The lowest BCUT2D eigenvalue weighted by atomic mass is 10.2. The Morgan fingerprint density at radius 2 is 1.95 bits per heavy atom. The predicted molar refractivity (Wildman–Crippen MR) is 73.1 cm³/mol. The third-order valence-corrected chi connectivity index (χ3v) is 3.49. The van der Waals surface area contributed by atoms with E-state index in [4.69, 9.17) is 21.1 Å². The van der Waals surface area contributed by atoms with Gasteiger partial charge < -0.3 is 9.47 Å². The Morgan fingerprint density at radius 3 is 2.47 bits per heavy atom. The van der Waals surface area contributed by atoms with Crippen LogP contribution in [0.3, 0.4) is 0 Å². The van der Waals surface area contributed by atoms with Gasteiger partial charge in [-0.2, -0.15) is 0 Å². The number of halogens is 1. The molecule has 1 aromatic carbocycles. The van der Waals surface area contributed by atoms with Crippen molar-refractivity contribution in [3.05, 3.63) is 28.8 Å². The largest absolute Gasteiger partial charge is 0.325 e. The lowest BCUT2D eigenvalue weighted by Gasteiger charge is -2.42. The van der Waals surface area contributed by atoms with Crippen LogP contribution in [0.5, 0.6) is 0 Å². The van der Waals surface area contributed by atoms with Crippen molar-refractivity contribution in [1.82, 2.24) is 4.90 Å². The van der Waals surface area contributed by atoms with E-state index in [-0.39, 0.29) is 12.3 Å². The maximum Gasteiger partial charge on any atom is 0.325 e. The molecule has 6 heteroatoms. The fourth-order valence-corrected chi connectivity index (χ4v) is 2.63. The first-order valence-electron chi connectivity index (χ1n) is 5.85. The minimum atomic E-state index is -1.25. The number of ether oxygens (including phenoxy) is 2. The number of amides is 1. The number of hydrogen-bond donors (Lipinski definition) is 0. The summed E-state index contributed by atoms with van der Waals surface area (Å²) in [5.41, 5.74) is 1.63. The monoisotopic (exact) mass is 284 g/mol. The number of fused-ring (bicyclic) bond motifs is 1. The van der Waals surface area contributed by atoms with E-state index < -0.39 is 6.03 Å². The van der Waals surface area contributed by atoms with Gasteiger partial charge in [-0.15, -0.1) is 0 Å². The summed E-state index contributed by atoms with van der Waals surface area (Å²) in [6, 6.07) is 4.09. The lowest BCUT2D eigenvalue weighted by Crippen LogP contribution is -2.62. The summed E-state index contributed by atoms with van der Waals surface area (Å²) in [4.78, 5) is 15.5. The van der Waals surface area contributed by atoms with Gasteiger partial charge in [0.05, 0.1) is 12.1 Å². The second-order valence-electron chi connectivity index (χ2n) is 4.53. The van der Waals surface area contributed by atoms with Crippen LogP contribution in [-0.4, -0.2) is 45.2 Å². The Hall–Kier alpha value is -1.14. The average Bonchev–Trinajstić information content (AvgIpc) is 2.68. The van der Waals surface area contributed by atoms with Crippen LogP contribution in [0.25, 0.3) is 0 Å². The summed E-state index contributed by atoms with van der Waals surface area (Å²) < 4.78 is 10.9. The molecule has 1 aliphatic heterocycles. The maximum atomic E-state index is 12.3. The highest BCUT2D eigenvalue weighted by atomic mass is 35.5. The number of anilines is 1. The molecule has 0 bridgehead atoms. The highest BCUT2D eigenvalue weighted by Gasteiger charge is 2.47. The van der Waals surface area contributed by atoms with Gasteiger partial charge in [0.25, 0.3) is 0 Å². The Kier molecular flexibility index (Phi) is 3.82. The summed E-state index contributed by atoms with van der Waals surface area (Å²) in [6.07, 6.45) is 0.290. The molecule has 0 atom stereocenters. The zero-order valence-electron chi connectivity index (χ0n) is 11.4. The second-order valence-corrected chi connectivity index (χ2v) is 4.97. The first-order chi connectivity index (χ1) is 8.96. The SMILES string of the molecule is COC(OC)(N(C)C)N1C(=O)Cc2cc(Cl)ccc21. The van der Waals surface area contributed by atoms with E-state index in [1.54, 1.807) is 37.2 Å². The minimum absolute atomic E-state index is 0.0883. The molecule has 0 unspecified atom stereocenters. The van der Waals surface area contributed by atoms with Crippen LogP contribution in [0.1, 0.15) is 5.56 Å². The second kappa shape index (κ2) is 5.09. The molecule has 0 saturated carbocycles. The molecule has 0 fully saturated rings. The molecular weight excluding hydrogens is 268 g/mol. The van der Waals surface area contributed by atoms with E-state index in [0.29, 0.717) is 5.02 Å². The van der Waals surface area contributed by atoms with Gasteiger partial charge in [0.2, 0.25) is 5.91 Å². The van der Waals surface area contributed by atoms with Crippen molar-refractivity contribution in [3.8, 4) is 0 Å². The van der Waals surface area contributed by atoms with Crippen LogP contribution >= 0.6 is 11.6 Å². The van der Waals surface area contributed by atoms with E-state index in [9.17, 15) is 4.79 Å². The van der Waals surface area contributed by atoms with E-state index in [2.05, 4.69) is 0 Å². The fourth-order valence-electron chi connectivity index (χ4n) is 2.43. The van der Waals surface area contributed by atoms with Gasteiger partial charge in [-0.25, -0.2) is 9.80 Å². The van der Waals surface area contributed by atoms with Crippen LogP contribution in [0.15, 0.2) is 18.2 Å². The molecule has 1 heterocycles. The molecule has 1 amide bonds. The topological polar surface area (TPSA) is 42.0 Å². The third-order valence-electron chi connectivity index (χ3n) is 3.25. The summed E-state index contributed by atoms with van der Waals surface area (Å²) in [7, 11) is 6.58. The quantitative estimate of drug-likeness (QED) is 0.789. The van der Waals surface area contributed by atoms with Crippen LogP contribution in [0, 0.1) is 0 Å². The van der Waals surface area contributed by atoms with E-state index >= 15 is 0 Å². The van der Waals surface area contributed by atoms with Gasteiger partial charge in [-0.3, -0.25) is 4.79 Å². The average molecular weight is 285 g/mol. The first-order valence-corrected chi connectivity index (χ1v) is 6.23. The van der Waals surface area contributed by atoms with E-state index in [1.807, 2.05) is 0 Å². The molecule has 1 aromatic rings. The van der Waals surface area contributed by atoms with Gasteiger partial charge in [0.15, 0.2) is 0 Å². The zero-order chi connectivity index (χ0) is 14.2. The minimum Gasteiger partial charge on any atom is -0.323 e. The molecule has 0 spiro atoms. The fraction of sp³-hybridized carbons (Fsp3) is 0.462. The smallest absolute Gasteiger partial charge is 0.323 e. The maximum absolute atomic E-state index is 12.3. The molecule has 0 saturated heterocycles. The Labute approximate surface area is 117 Å². The molecule has 2 rings (SSSR count). The molecule has 0 aromatic heterocycles. The van der Waals surface area contributed by atoms with Gasteiger partial charge in [-0.05, 0) is 37.9 Å². The zero-order valence-corrected chi connectivity index (χ0v) is 12.2. The molecule has 104 valence electrons. The molecule has 1 aliphatic rings. The standard InChI is InChI=1S/C13H17ClN2O3/c1-15(2)13(18-3,19-4)16-11-6-5-10(14)7-9(11)8-12(16)17/h5-7H,8H2,1-4H3. The summed E-state index contributed by atoms with van der Waals surface area (Å²) in [6.45, 7) is 0. The van der Waals surface area contributed by atoms with Gasteiger partial charge in [-0.1, -0.05) is 11.6 Å². The van der Waals surface area contributed by atoms with Crippen molar-refractivity contribution >= 4 is 23.2 Å². The molecule has 0 aliphatic carbocycles. The summed E-state index contributed by atoms with van der Waals surface area (Å²) in [5, 5.41) is 0.610. The molecule has 0 radical (unpaired) electrons. The summed E-state index contributed by atoms with van der Waals surface area (Å²) >= 11 is 5.96. The molecule has 5 nitrogen and oxygen atoms in total. The van der Waals surface area contributed by atoms with Gasteiger partial charge >= 0.3 is 6.03 Å². The number of nitrogens with zero attached hydrogens (tertiary/aromatic N) is 2. The van der Waals surface area contributed by atoms with Gasteiger partial charge in [0.1, 0.15) is 0 Å². The van der Waals surface area contributed by atoms with E-state index in [0.717, 1.165) is 11.3 Å². The predicted octanol–water partition coefficient (Wildman–Crippen LogP) is 1.69. The number of hydrogen-bond acceptors (Lipinski definition) is 4. The highest BCUT2D eigenvalue weighted by Crippen LogP contribution is 2.37. The highest BCUT2D eigenvalue weighted by molar-refractivity contribution is 6.30. The number of carbonyl (C=O) groups is 1. The Balaban J connectivity index is 2.54. The van der Waals surface area contributed by atoms with Crippen LogP contribution in [-0.2, 0) is 20.7 Å². The number of benzene rings is 1. The van der Waals surface area contributed by atoms with Crippen molar-refractivity contribution in [3.63, 3.8) is 0 Å². The van der Waals surface area contributed by atoms with Crippen molar-refractivity contribution in [2.24, 2.45) is 0 Å².